The summed E-state index contributed by atoms with van der Waals surface area (Å²) in [5, 5.41) is 8.35. The number of alkyl halides is 2. The molecule has 2 N–H and O–H groups in total. The van der Waals surface area contributed by atoms with E-state index in [9.17, 15) is 13.6 Å². The number of aromatic amines is 1. The van der Waals surface area contributed by atoms with Crippen LogP contribution in [0.2, 0.25) is 0 Å². The van der Waals surface area contributed by atoms with E-state index >= 15 is 0 Å². The molecule has 0 atom stereocenters. The van der Waals surface area contributed by atoms with Crippen LogP contribution >= 0.6 is 0 Å². The van der Waals surface area contributed by atoms with Crippen LogP contribution in [0.15, 0.2) is 18.2 Å². The van der Waals surface area contributed by atoms with Gasteiger partial charge in [-0.25, -0.2) is 9.78 Å². The lowest BCUT2D eigenvalue weighted by atomic mass is 10.1. The Kier molecular flexibility index (Phi) is 2.57. The van der Waals surface area contributed by atoms with Gasteiger partial charge in [-0.1, -0.05) is 6.07 Å². The average Bonchev–Trinajstić information content (AvgIpc) is 2.56. The van der Waals surface area contributed by atoms with Crippen molar-refractivity contribution >= 4 is 17.0 Å². The molecule has 6 heteroatoms. The fraction of sp³-hybridized carbons (Fsp3) is 0.273. The first-order valence-corrected chi connectivity index (χ1v) is 4.95. The number of H-pyrrole nitrogens is 1. The highest BCUT2D eigenvalue weighted by atomic mass is 19.3. The molecular weight excluding hydrogens is 230 g/mol. The van der Waals surface area contributed by atoms with E-state index in [0.29, 0.717) is 16.9 Å². The van der Waals surface area contributed by atoms with Gasteiger partial charge in [0.25, 0.3) is 0 Å². The number of imidazole rings is 1. The SMILES string of the molecule is Cc1nc2ccc(CC(F)(F)C(=O)O)cc2[nH]1. The van der Waals surface area contributed by atoms with E-state index in [4.69, 9.17) is 5.11 Å². The molecule has 0 amide bonds. The fourth-order valence-electron chi connectivity index (χ4n) is 1.63. The van der Waals surface area contributed by atoms with Crippen molar-refractivity contribution in [3.05, 3.63) is 29.6 Å². The van der Waals surface area contributed by atoms with Crippen molar-refractivity contribution in [1.82, 2.24) is 9.97 Å². The number of nitrogens with zero attached hydrogens (tertiary/aromatic N) is 1. The minimum Gasteiger partial charge on any atom is -0.477 e. The molecule has 0 aliphatic rings. The van der Waals surface area contributed by atoms with Gasteiger partial charge in [0.05, 0.1) is 11.0 Å². The van der Waals surface area contributed by atoms with Crippen LogP contribution in [-0.4, -0.2) is 27.0 Å². The number of fused-ring (bicyclic) bond motifs is 1. The summed E-state index contributed by atoms with van der Waals surface area (Å²) in [7, 11) is 0. The summed E-state index contributed by atoms with van der Waals surface area (Å²) in [4.78, 5) is 17.4. The van der Waals surface area contributed by atoms with Gasteiger partial charge in [0, 0.05) is 6.42 Å². The lowest BCUT2D eigenvalue weighted by Crippen LogP contribution is -2.30. The number of halogens is 2. The zero-order valence-corrected chi connectivity index (χ0v) is 9.00. The molecule has 1 heterocycles. The number of rotatable bonds is 3. The number of carboxylic acid groups (broad SMARTS) is 1. The number of aromatic nitrogens is 2. The predicted octanol–water partition coefficient (Wildman–Crippen LogP) is 2.13. The first-order valence-electron chi connectivity index (χ1n) is 4.95. The van der Waals surface area contributed by atoms with Crippen LogP contribution in [0.25, 0.3) is 11.0 Å². The van der Waals surface area contributed by atoms with E-state index in [0.717, 1.165) is 0 Å². The Morgan fingerprint density at radius 1 is 1.53 bits per heavy atom. The lowest BCUT2D eigenvalue weighted by Gasteiger charge is -2.10. The topological polar surface area (TPSA) is 66.0 Å². The van der Waals surface area contributed by atoms with Crippen LogP contribution in [0, 0.1) is 6.92 Å². The maximum atomic E-state index is 13.0. The monoisotopic (exact) mass is 240 g/mol. The third-order valence-corrected chi connectivity index (χ3v) is 2.40. The Morgan fingerprint density at radius 3 is 2.88 bits per heavy atom. The van der Waals surface area contributed by atoms with E-state index in [1.165, 1.54) is 12.1 Å². The predicted molar refractivity (Wildman–Crippen MR) is 57.1 cm³/mol. The second-order valence-electron chi connectivity index (χ2n) is 3.86. The van der Waals surface area contributed by atoms with Crippen molar-refractivity contribution in [2.75, 3.05) is 0 Å². The molecule has 1 aromatic heterocycles. The zero-order chi connectivity index (χ0) is 12.6. The second-order valence-corrected chi connectivity index (χ2v) is 3.86. The van der Waals surface area contributed by atoms with E-state index in [1.54, 1.807) is 13.0 Å². The molecule has 17 heavy (non-hydrogen) atoms. The second kappa shape index (κ2) is 3.80. The third kappa shape index (κ3) is 2.25. The van der Waals surface area contributed by atoms with Gasteiger partial charge in [-0.2, -0.15) is 8.78 Å². The molecule has 0 fully saturated rings. The van der Waals surface area contributed by atoms with Crippen molar-refractivity contribution in [2.45, 2.75) is 19.3 Å². The molecule has 0 saturated heterocycles. The summed E-state index contributed by atoms with van der Waals surface area (Å²) >= 11 is 0. The number of hydrogen-bond acceptors (Lipinski definition) is 2. The summed E-state index contributed by atoms with van der Waals surface area (Å²) in [6.07, 6.45) is -0.823. The molecule has 0 spiro atoms. The van der Waals surface area contributed by atoms with Crippen LogP contribution in [0.3, 0.4) is 0 Å². The van der Waals surface area contributed by atoms with Crippen molar-refractivity contribution in [2.24, 2.45) is 0 Å². The van der Waals surface area contributed by atoms with Gasteiger partial charge in [0.15, 0.2) is 0 Å². The van der Waals surface area contributed by atoms with E-state index in [2.05, 4.69) is 9.97 Å². The Bertz CT molecular complexity index is 578. The maximum absolute atomic E-state index is 13.0. The molecule has 4 nitrogen and oxygen atoms in total. The van der Waals surface area contributed by atoms with E-state index in [-0.39, 0.29) is 5.56 Å². The number of carboxylic acids is 1. The first kappa shape index (κ1) is 11.5. The van der Waals surface area contributed by atoms with Crippen molar-refractivity contribution < 1.29 is 18.7 Å². The molecule has 2 rings (SSSR count). The normalized spacial score (nSPS) is 11.9. The third-order valence-electron chi connectivity index (χ3n) is 2.40. The number of nitrogens with one attached hydrogen (secondary N) is 1. The molecule has 2 aromatic rings. The van der Waals surface area contributed by atoms with Crippen LogP contribution in [0.4, 0.5) is 8.78 Å². The molecule has 0 aliphatic carbocycles. The minimum atomic E-state index is -3.75. The van der Waals surface area contributed by atoms with Crippen molar-refractivity contribution in [1.29, 1.82) is 0 Å². The number of aryl methyl sites for hydroxylation is 1. The van der Waals surface area contributed by atoms with Crippen molar-refractivity contribution in [3.8, 4) is 0 Å². The molecule has 0 aliphatic heterocycles. The van der Waals surface area contributed by atoms with Gasteiger partial charge in [-0.15, -0.1) is 0 Å². The van der Waals surface area contributed by atoms with Gasteiger partial charge >= 0.3 is 11.9 Å². The molecule has 0 bridgehead atoms. The zero-order valence-electron chi connectivity index (χ0n) is 9.00. The Hall–Kier alpha value is -1.98. The van der Waals surface area contributed by atoms with E-state index < -0.39 is 18.3 Å². The summed E-state index contributed by atoms with van der Waals surface area (Å²) in [6.45, 7) is 1.76. The first-order chi connectivity index (χ1) is 7.88. The molecular formula is C11H10F2N2O2. The van der Waals surface area contributed by atoms with Gasteiger partial charge in [0.1, 0.15) is 5.82 Å². The lowest BCUT2D eigenvalue weighted by molar-refractivity contribution is -0.164. The van der Waals surface area contributed by atoms with Crippen LogP contribution in [0.5, 0.6) is 0 Å². The summed E-state index contributed by atoms with van der Waals surface area (Å²) < 4.78 is 26.0. The molecule has 0 saturated carbocycles. The highest BCUT2D eigenvalue weighted by molar-refractivity contribution is 5.78. The maximum Gasteiger partial charge on any atom is 0.374 e. The highest BCUT2D eigenvalue weighted by Gasteiger charge is 2.38. The largest absolute Gasteiger partial charge is 0.477 e. The van der Waals surface area contributed by atoms with E-state index in [1.807, 2.05) is 0 Å². The summed E-state index contributed by atoms with van der Waals surface area (Å²) in [5.41, 5.74) is 1.56. The molecule has 1 aromatic carbocycles. The van der Waals surface area contributed by atoms with Crippen LogP contribution in [0.1, 0.15) is 11.4 Å². The highest BCUT2D eigenvalue weighted by Crippen LogP contribution is 2.22. The Labute approximate surface area is 95.3 Å². The number of benzene rings is 1. The summed E-state index contributed by atoms with van der Waals surface area (Å²) in [6, 6.07) is 4.54. The van der Waals surface area contributed by atoms with Gasteiger partial charge in [-0.05, 0) is 24.6 Å². The van der Waals surface area contributed by atoms with Crippen LogP contribution in [-0.2, 0) is 11.2 Å². The number of carbonyl (C=O) groups is 1. The number of hydrogen-bond donors (Lipinski definition) is 2. The van der Waals surface area contributed by atoms with Gasteiger partial charge in [0.2, 0.25) is 0 Å². The minimum absolute atomic E-state index is 0.258. The Balaban J connectivity index is 2.34. The number of aliphatic carboxylic acids is 1. The van der Waals surface area contributed by atoms with Crippen LogP contribution < -0.4 is 0 Å². The standard InChI is InChI=1S/C11H10F2N2O2/c1-6-14-8-3-2-7(4-9(8)15-6)5-11(12,13)10(16)17/h2-4H,5H2,1H3,(H,14,15)(H,16,17). The Morgan fingerprint density at radius 2 is 2.24 bits per heavy atom. The van der Waals surface area contributed by atoms with Crippen molar-refractivity contribution in [3.63, 3.8) is 0 Å². The fourth-order valence-corrected chi connectivity index (χ4v) is 1.63. The smallest absolute Gasteiger partial charge is 0.374 e. The molecule has 90 valence electrons. The molecule has 0 unspecified atom stereocenters. The quantitative estimate of drug-likeness (QED) is 0.863. The summed E-state index contributed by atoms with van der Waals surface area (Å²) in [5.74, 6) is -5.18. The molecule has 0 radical (unpaired) electrons. The van der Waals surface area contributed by atoms with Gasteiger partial charge in [-0.3, -0.25) is 0 Å². The average molecular weight is 240 g/mol. The van der Waals surface area contributed by atoms with Gasteiger partial charge < -0.3 is 10.1 Å².